The number of nitrogens with zero attached hydrogens (tertiary/aromatic N) is 3. The van der Waals surface area contributed by atoms with E-state index in [1.54, 1.807) is 10.9 Å². The van der Waals surface area contributed by atoms with E-state index in [9.17, 15) is 4.79 Å². The van der Waals surface area contributed by atoms with Crippen LogP contribution in [0.3, 0.4) is 0 Å². The van der Waals surface area contributed by atoms with Gasteiger partial charge in [-0.1, -0.05) is 30.9 Å². The topological polar surface area (TPSA) is 71.4 Å². The average Bonchev–Trinajstić information content (AvgIpc) is 3.27. The standard InChI is InChI=1S/C22H30ClN5O2/c23-19-4-6-20(7-5-19)28-16-18(15-26-28)14-24-21(29)25-17-22(8-2-1-3-9-22)27-10-12-30-13-11-27/h4-7,15-16H,1-3,8-14,17H2,(H2,24,25,29). The molecule has 2 N–H and O–H groups in total. The van der Waals surface area contributed by atoms with Gasteiger partial charge < -0.3 is 15.4 Å². The Kier molecular flexibility index (Phi) is 6.92. The van der Waals surface area contributed by atoms with Crippen LogP contribution < -0.4 is 10.6 Å². The third kappa shape index (κ3) is 5.14. The summed E-state index contributed by atoms with van der Waals surface area (Å²) in [6.07, 6.45) is 9.71. The van der Waals surface area contributed by atoms with E-state index >= 15 is 0 Å². The molecule has 1 aromatic carbocycles. The van der Waals surface area contributed by atoms with E-state index in [0.717, 1.165) is 50.4 Å². The summed E-state index contributed by atoms with van der Waals surface area (Å²) in [6, 6.07) is 7.36. The van der Waals surface area contributed by atoms with Crippen molar-refractivity contribution in [3.63, 3.8) is 0 Å². The van der Waals surface area contributed by atoms with Crippen LogP contribution in [-0.4, -0.2) is 59.1 Å². The van der Waals surface area contributed by atoms with Gasteiger partial charge in [-0.15, -0.1) is 0 Å². The van der Waals surface area contributed by atoms with Gasteiger partial charge in [0, 0.05) is 48.5 Å². The van der Waals surface area contributed by atoms with Crippen LogP contribution in [0.4, 0.5) is 4.79 Å². The van der Waals surface area contributed by atoms with Crippen molar-refractivity contribution in [1.82, 2.24) is 25.3 Å². The van der Waals surface area contributed by atoms with Crippen LogP contribution in [0.2, 0.25) is 5.02 Å². The first-order valence-electron chi connectivity index (χ1n) is 10.8. The van der Waals surface area contributed by atoms with Crippen LogP contribution >= 0.6 is 11.6 Å². The van der Waals surface area contributed by atoms with Gasteiger partial charge in [0.25, 0.3) is 0 Å². The van der Waals surface area contributed by atoms with Gasteiger partial charge in [0.1, 0.15) is 0 Å². The van der Waals surface area contributed by atoms with Crippen LogP contribution in [0.1, 0.15) is 37.7 Å². The highest BCUT2D eigenvalue weighted by molar-refractivity contribution is 6.30. The summed E-state index contributed by atoms with van der Waals surface area (Å²) in [5.41, 5.74) is 1.94. The van der Waals surface area contributed by atoms with Gasteiger partial charge in [-0.05, 0) is 37.1 Å². The first kappa shape index (κ1) is 21.2. The fourth-order valence-corrected chi connectivity index (χ4v) is 4.65. The molecule has 2 fully saturated rings. The summed E-state index contributed by atoms with van der Waals surface area (Å²) < 4.78 is 7.31. The maximum absolute atomic E-state index is 12.5. The lowest BCUT2D eigenvalue weighted by Crippen LogP contribution is -2.60. The molecule has 7 nitrogen and oxygen atoms in total. The number of rotatable bonds is 6. The van der Waals surface area contributed by atoms with Crippen molar-refractivity contribution >= 4 is 17.6 Å². The third-order valence-corrected chi connectivity index (χ3v) is 6.48. The lowest BCUT2D eigenvalue weighted by Gasteiger charge is -2.48. The molecule has 0 radical (unpaired) electrons. The van der Waals surface area contributed by atoms with Gasteiger partial charge in [-0.3, -0.25) is 4.90 Å². The molecule has 1 aliphatic carbocycles. The number of aromatic nitrogens is 2. The molecule has 2 heterocycles. The Hall–Kier alpha value is -2.09. The Labute approximate surface area is 182 Å². The summed E-state index contributed by atoms with van der Waals surface area (Å²) in [7, 11) is 0. The van der Waals surface area contributed by atoms with E-state index in [1.807, 2.05) is 30.5 Å². The molecular weight excluding hydrogens is 402 g/mol. The van der Waals surface area contributed by atoms with E-state index in [2.05, 4.69) is 20.6 Å². The lowest BCUT2D eigenvalue weighted by molar-refractivity contribution is -0.0357. The Morgan fingerprint density at radius 3 is 2.57 bits per heavy atom. The van der Waals surface area contributed by atoms with Crippen molar-refractivity contribution in [2.24, 2.45) is 0 Å². The number of carbonyl (C=O) groups is 1. The predicted octanol–water partition coefficient (Wildman–Crippen LogP) is 3.36. The molecule has 2 amide bonds. The first-order valence-corrected chi connectivity index (χ1v) is 11.2. The molecule has 0 bridgehead atoms. The number of carbonyl (C=O) groups excluding carboxylic acids is 1. The molecule has 1 saturated carbocycles. The van der Waals surface area contributed by atoms with Crippen LogP contribution in [0.15, 0.2) is 36.7 Å². The minimum Gasteiger partial charge on any atom is -0.379 e. The maximum Gasteiger partial charge on any atom is 0.315 e. The fourth-order valence-electron chi connectivity index (χ4n) is 4.53. The molecule has 4 rings (SSSR count). The molecule has 1 aromatic heterocycles. The summed E-state index contributed by atoms with van der Waals surface area (Å²) >= 11 is 5.94. The molecule has 2 aromatic rings. The number of morpholine rings is 1. The van der Waals surface area contributed by atoms with Crippen molar-refractivity contribution in [2.75, 3.05) is 32.8 Å². The quantitative estimate of drug-likeness (QED) is 0.735. The van der Waals surface area contributed by atoms with Crippen molar-refractivity contribution in [3.8, 4) is 5.69 Å². The minimum absolute atomic E-state index is 0.0683. The van der Waals surface area contributed by atoms with Crippen molar-refractivity contribution in [2.45, 2.75) is 44.2 Å². The SMILES string of the molecule is O=C(NCc1cnn(-c2ccc(Cl)cc2)c1)NCC1(N2CCOCC2)CCCCC1. The monoisotopic (exact) mass is 431 g/mol. The van der Waals surface area contributed by atoms with Gasteiger partial charge in [-0.25, -0.2) is 9.48 Å². The van der Waals surface area contributed by atoms with E-state index in [-0.39, 0.29) is 11.6 Å². The predicted molar refractivity (Wildman–Crippen MR) is 117 cm³/mol. The minimum atomic E-state index is -0.132. The van der Waals surface area contributed by atoms with Gasteiger partial charge in [0.15, 0.2) is 0 Å². The normalized spacial score (nSPS) is 19.4. The molecule has 0 unspecified atom stereocenters. The highest BCUT2D eigenvalue weighted by Gasteiger charge is 2.38. The zero-order valence-electron chi connectivity index (χ0n) is 17.3. The zero-order chi connectivity index (χ0) is 20.8. The molecule has 0 atom stereocenters. The number of amides is 2. The Balaban J connectivity index is 1.29. The molecule has 1 saturated heterocycles. The highest BCUT2D eigenvalue weighted by atomic mass is 35.5. The zero-order valence-corrected chi connectivity index (χ0v) is 18.0. The average molecular weight is 432 g/mol. The van der Waals surface area contributed by atoms with E-state index in [1.165, 1.54) is 19.3 Å². The van der Waals surface area contributed by atoms with E-state index in [4.69, 9.17) is 16.3 Å². The van der Waals surface area contributed by atoms with E-state index in [0.29, 0.717) is 18.1 Å². The van der Waals surface area contributed by atoms with Gasteiger partial charge in [0.2, 0.25) is 0 Å². The molecule has 8 heteroatoms. The Morgan fingerprint density at radius 2 is 1.83 bits per heavy atom. The van der Waals surface area contributed by atoms with Crippen LogP contribution in [0.25, 0.3) is 5.69 Å². The summed E-state index contributed by atoms with van der Waals surface area (Å²) in [5, 5.41) is 11.2. The summed E-state index contributed by atoms with van der Waals surface area (Å²) in [4.78, 5) is 15.0. The van der Waals surface area contributed by atoms with E-state index < -0.39 is 0 Å². The van der Waals surface area contributed by atoms with Gasteiger partial charge in [0.05, 0.1) is 25.1 Å². The second-order valence-corrected chi connectivity index (χ2v) is 8.63. The fraction of sp³-hybridized carbons (Fsp3) is 0.545. The number of hydrogen-bond acceptors (Lipinski definition) is 4. The number of benzene rings is 1. The van der Waals surface area contributed by atoms with Crippen LogP contribution in [-0.2, 0) is 11.3 Å². The van der Waals surface area contributed by atoms with Crippen molar-refractivity contribution < 1.29 is 9.53 Å². The third-order valence-electron chi connectivity index (χ3n) is 6.22. The Morgan fingerprint density at radius 1 is 1.10 bits per heavy atom. The number of halogens is 1. The number of hydrogen-bond donors (Lipinski definition) is 2. The van der Waals surface area contributed by atoms with Gasteiger partial charge in [-0.2, -0.15) is 5.10 Å². The van der Waals surface area contributed by atoms with Crippen molar-refractivity contribution in [1.29, 1.82) is 0 Å². The highest BCUT2D eigenvalue weighted by Crippen LogP contribution is 2.33. The molecule has 30 heavy (non-hydrogen) atoms. The molecule has 162 valence electrons. The second-order valence-electron chi connectivity index (χ2n) is 8.19. The first-order chi connectivity index (χ1) is 14.6. The van der Waals surface area contributed by atoms with Crippen LogP contribution in [0, 0.1) is 0 Å². The second kappa shape index (κ2) is 9.81. The largest absolute Gasteiger partial charge is 0.379 e. The lowest BCUT2D eigenvalue weighted by atomic mass is 9.80. The molecule has 1 aliphatic heterocycles. The van der Waals surface area contributed by atoms with Crippen molar-refractivity contribution in [3.05, 3.63) is 47.2 Å². The number of ether oxygens (including phenoxy) is 1. The Bertz CT molecular complexity index is 826. The summed E-state index contributed by atoms with van der Waals surface area (Å²) in [6.45, 7) is 4.59. The van der Waals surface area contributed by atoms with Crippen LogP contribution in [0.5, 0.6) is 0 Å². The smallest absolute Gasteiger partial charge is 0.315 e. The summed E-state index contributed by atoms with van der Waals surface area (Å²) in [5.74, 6) is 0. The number of nitrogens with one attached hydrogen (secondary N) is 2. The van der Waals surface area contributed by atoms with Gasteiger partial charge >= 0.3 is 6.03 Å². The maximum atomic E-state index is 12.5. The molecular formula is C22H30ClN5O2. The molecule has 0 spiro atoms. The molecule has 2 aliphatic rings. The number of urea groups is 1.